The van der Waals surface area contributed by atoms with Gasteiger partial charge in [0.15, 0.2) is 0 Å². The van der Waals surface area contributed by atoms with Crippen molar-refractivity contribution in [3.8, 4) is 0 Å². The van der Waals surface area contributed by atoms with E-state index in [0.29, 0.717) is 19.6 Å². The highest BCUT2D eigenvalue weighted by molar-refractivity contribution is 5.74. The Kier molecular flexibility index (Phi) is 4.52. The largest absolute Gasteiger partial charge is 0.390 e. The molecule has 116 valence electrons. The number of carbonyl (C=O) groups excluding carboxylic acids is 1. The molecule has 1 unspecified atom stereocenters. The van der Waals surface area contributed by atoms with Gasteiger partial charge in [0.1, 0.15) is 0 Å². The number of nitrogens with zero attached hydrogens (tertiary/aromatic N) is 2. The zero-order valence-electron chi connectivity index (χ0n) is 13.3. The van der Waals surface area contributed by atoms with Gasteiger partial charge < -0.3 is 15.3 Å². The Morgan fingerprint density at radius 2 is 2.24 bits per heavy atom. The quantitative estimate of drug-likeness (QED) is 0.895. The molecule has 1 fully saturated rings. The second-order valence-corrected chi connectivity index (χ2v) is 6.49. The molecule has 0 saturated carbocycles. The number of rotatable bonds is 3. The number of aromatic nitrogens is 1. The highest BCUT2D eigenvalue weighted by Crippen LogP contribution is 2.26. The number of urea groups is 1. The number of carbonyl (C=O) groups is 1. The fourth-order valence-corrected chi connectivity index (χ4v) is 2.61. The summed E-state index contributed by atoms with van der Waals surface area (Å²) in [4.78, 5) is 18.2. The fourth-order valence-electron chi connectivity index (χ4n) is 2.61. The van der Waals surface area contributed by atoms with E-state index < -0.39 is 5.60 Å². The number of nitrogens with one attached hydrogen (secondary N) is 1. The smallest absolute Gasteiger partial charge is 0.317 e. The van der Waals surface area contributed by atoms with Crippen LogP contribution in [0.1, 0.15) is 37.1 Å². The van der Waals surface area contributed by atoms with Gasteiger partial charge >= 0.3 is 6.03 Å². The maximum atomic E-state index is 12.2. The van der Waals surface area contributed by atoms with Crippen molar-refractivity contribution in [1.29, 1.82) is 0 Å². The topological polar surface area (TPSA) is 65.5 Å². The number of aryl methyl sites for hydroxylation is 2. The van der Waals surface area contributed by atoms with Crippen LogP contribution in [0.25, 0.3) is 0 Å². The molecule has 21 heavy (non-hydrogen) atoms. The molecule has 2 amide bonds. The first-order valence-corrected chi connectivity index (χ1v) is 7.44. The van der Waals surface area contributed by atoms with Crippen LogP contribution in [-0.4, -0.2) is 39.7 Å². The van der Waals surface area contributed by atoms with Gasteiger partial charge in [-0.25, -0.2) is 4.79 Å². The third-order valence-electron chi connectivity index (χ3n) is 4.31. The molecule has 1 aromatic rings. The Bertz CT molecular complexity index is 523. The maximum Gasteiger partial charge on any atom is 0.317 e. The van der Waals surface area contributed by atoms with E-state index in [1.54, 1.807) is 24.9 Å². The van der Waals surface area contributed by atoms with Gasteiger partial charge in [-0.15, -0.1) is 0 Å². The first kappa shape index (κ1) is 15.8. The Hall–Kier alpha value is -1.62. The molecule has 1 saturated heterocycles. The van der Waals surface area contributed by atoms with Crippen LogP contribution in [-0.2, 0) is 6.54 Å². The fraction of sp³-hybridized carbons (Fsp3) is 0.625. The minimum atomic E-state index is -0.729. The average Bonchev–Trinajstić information content (AvgIpc) is 2.89. The van der Waals surface area contributed by atoms with Gasteiger partial charge in [0.2, 0.25) is 0 Å². The van der Waals surface area contributed by atoms with E-state index >= 15 is 0 Å². The lowest BCUT2D eigenvalue weighted by Crippen LogP contribution is -2.40. The Balaban J connectivity index is 1.87. The summed E-state index contributed by atoms with van der Waals surface area (Å²) in [5.41, 5.74) is 2.42. The third-order valence-corrected chi connectivity index (χ3v) is 4.31. The Labute approximate surface area is 126 Å². The van der Waals surface area contributed by atoms with Gasteiger partial charge in [0, 0.05) is 37.4 Å². The number of amides is 2. The van der Waals surface area contributed by atoms with Crippen molar-refractivity contribution in [1.82, 2.24) is 15.2 Å². The molecule has 0 radical (unpaired) electrons. The summed E-state index contributed by atoms with van der Waals surface area (Å²) < 4.78 is 0. The molecule has 0 aliphatic carbocycles. The molecule has 2 N–H and O–H groups in total. The molecule has 1 atom stereocenters. The lowest BCUT2D eigenvalue weighted by atomic mass is 9.91. The summed E-state index contributed by atoms with van der Waals surface area (Å²) in [6, 6.07) is 1.98. The first-order chi connectivity index (χ1) is 9.77. The molecule has 0 aromatic carbocycles. The van der Waals surface area contributed by atoms with Gasteiger partial charge in [0.25, 0.3) is 0 Å². The number of pyridine rings is 1. The van der Waals surface area contributed by atoms with E-state index in [1.807, 2.05) is 19.9 Å². The lowest BCUT2D eigenvalue weighted by Gasteiger charge is -2.25. The molecule has 1 aliphatic rings. The van der Waals surface area contributed by atoms with Crippen LogP contribution < -0.4 is 5.32 Å². The van der Waals surface area contributed by atoms with E-state index in [1.165, 1.54) is 0 Å². The second kappa shape index (κ2) is 6.02. The average molecular weight is 291 g/mol. The number of aliphatic hydroxyl groups is 1. The summed E-state index contributed by atoms with van der Waals surface area (Å²) in [5.74, 6) is 0.145. The van der Waals surface area contributed by atoms with Crippen molar-refractivity contribution in [3.63, 3.8) is 0 Å². The molecule has 1 aliphatic heterocycles. The summed E-state index contributed by atoms with van der Waals surface area (Å²) >= 11 is 0. The maximum absolute atomic E-state index is 12.2. The van der Waals surface area contributed by atoms with E-state index in [9.17, 15) is 9.90 Å². The predicted octanol–water partition coefficient (Wildman–Crippen LogP) is 2.00. The molecular formula is C16H25N3O2. The lowest BCUT2D eigenvalue weighted by molar-refractivity contribution is 0.0225. The van der Waals surface area contributed by atoms with Gasteiger partial charge in [-0.1, -0.05) is 6.07 Å². The van der Waals surface area contributed by atoms with Crippen LogP contribution >= 0.6 is 0 Å². The van der Waals surface area contributed by atoms with Crippen molar-refractivity contribution in [2.75, 3.05) is 13.1 Å². The van der Waals surface area contributed by atoms with Crippen LogP contribution in [0.3, 0.4) is 0 Å². The monoisotopic (exact) mass is 291 g/mol. The van der Waals surface area contributed by atoms with Crippen LogP contribution in [0.5, 0.6) is 0 Å². The Morgan fingerprint density at radius 3 is 2.81 bits per heavy atom. The highest BCUT2D eigenvalue weighted by atomic mass is 16.3. The second-order valence-electron chi connectivity index (χ2n) is 6.49. The van der Waals surface area contributed by atoms with Gasteiger partial charge in [-0.3, -0.25) is 4.98 Å². The third kappa shape index (κ3) is 3.94. The molecule has 5 nitrogen and oxygen atoms in total. The summed E-state index contributed by atoms with van der Waals surface area (Å²) in [6.07, 6.45) is 2.65. The zero-order chi connectivity index (χ0) is 15.6. The first-order valence-electron chi connectivity index (χ1n) is 7.44. The SMILES string of the molecule is Cc1cc(CNC(=O)N2CCC(C(C)(C)O)C2)cnc1C. The molecule has 2 heterocycles. The normalized spacial score (nSPS) is 18.9. The number of hydrogen-bond donors (Lipinski definition) is 2. The molecule has 2 rings (SSSR count). The van der Waals surface area contributed by atoms with Crippen LogP contribution in [0.15, 0.2) is 12.3 Å². The van der Waals surface area contributed by atoms with E-state index in [4.69, 9.17) is 0 Å². The highest BCUT2D eigenvalue weighted by Gasteiger charge is 2.35. The van der Waals surface area contributed by atoms with Crippen molar-refractivity contribution < 1.29 is 9.90 Å². The van der Waals surface area contributed by atoms with Crippen molar-refractivity contribution in [3.05, 3.63) is 29.1 Å². The number of likely N-dealkylation sites (tertiary alicyclic amines) is 1. The molecule has 5 heteroatoms. The zero-order valence-corrected chi connectivity index (χ0v) is 13.3. The van der Waals surface area contributed by atoms with Gasteiger partial charge in [-0.2, -0.15) is 0 Å². The minimum Gasteiger partial charge on any atom is -0.390 e. The van der Waals surface area contributed by atoms with Crippen molar-refractivity contribution in [2.24, 2.45) is 5.92 Å². The van der Waals surface area contributed by atoms with Crippen LogP contribution in [0, 0.1) is 19.8 Å². The van der Waals surface area contributed by atoms with Crippen molar-refractivity contribution in [2.45, 2.75) is 46.3 Å². The predicted molar refractivity (Wildman–Crippen MR) is 81.9 cm³/mol. The van der Waals surface area contributed by atoms with Crippen LogP contribution in [0.4, 0.5) is 4.79 Å². The van der Waals surface area contributed by atoms with Crippen LogP contribution in [0.2, 0.25) is 0 Å². The van der Waals surface area contributed by atoms with Crippen molar-refractivity contribution >= 4 is 6.03 Å². The van der Waals surface area contributed by atoms with E-state index in [-0.39, 0.29) is 11.9 Å². The molecule has 1 aromatic heterocycles. The minimum absolute atomic E-state index is 0.0695. The standard InChI is InChI=1S/C16H25N3O2/c1-11-7-13(8-17-12(11)2)9-18-15(20)19-6-5-14(10-19)16(3,4)21/h7-8,14,21H,5-6,9-10H2,1-4H3,(H,18,20). The Morgan fingerprint density at radius 1 is 1.52 bits per heavy atom. The molecular weight excluding hydrogens is 266 g/mol. The molecule has 0 spiro atoms. The van der Waals surface area contributed by atoms with Gasteiger partial charge in [-0.05, 0) is 45.2 Å². The van der Waals surface area contributed by atoms with E-state index in [2.05, 4.69) is 10.3 Å². The molecule has 0 bridgehead atoms. The van der Waals surface area contributed by atoms with E-state index in [0.717, 1.165) is 23.2 Å². The number of hydrogen-bond acceptors (Lipinski definition) is 3. The summed E-state index contributed by atoms with van der Waals surface area (Å²) in [7, 11) is 0. The summed E-state index contributed by atoms with van der Waals surface area (Å²) in [6.45, 7) is 9.39. The summed E-state index contributed by atoms with van der Waals surface area (Å²) in [5, 5.41) is 12.9. The van der Waals surface area contributed by atoms with Gasteiger partial charge in [0.05, 0.1) is 5.60 Å².